The van der Waals surface area contributed by atoms with Crippen LogP contribution in [0.4, 0.5) is 5.69 Å². The molecule has 3 unspecified atom stereocenters. The first-order valence-corrected chi connectivity index (χ1v) is 5.33. The molecule has 2 N–H and O–H groups in total. The lowest BCUT2D eigenvalue weighted by molar-refractivity contribution is 0.472. The Labute approximate surface area is 83.6 Å². The number of hydrogen-bond acceptors (Lipinski definition) is 2. The number of aromatic nitrogens is 2. The van der Waals surface area contributed by atoms with Gasteiger partial charge in [0.25, 0.3) is 0 Å². The zero-order chi connectivity index (χ0) is 9.38. The lowest BCUT2D eigenvalue weighted by Gasteiger charge is -2.18. The highest BCUT2D eigenvalue weighted by Gasteiger charge is 2.35. The highest BCUT2D eigenvalue weighted by atomic mass is 15.1. The summed E-state index contributed by atoms with van der Waals surface area (Å²) >= 11 is 0. The number of fused-ring (bicyclic) bond motifs is 2. The second kappa shape index (κ2) is 3.15. The summed E-state index contributed by atoms with van der Waals surface area (Å²) in [5.41, 5.74) is 1.11. The van der Waals surface area contributed by atoms with Gasteiger partial charge in [-0.05, 0) is 30.6 Å². The van der Waals surface area contributed by atoms with Gasteiger partial charge in [-0.1, -0.05) is 12.2 Å². The van der Waals surface area contributed by atoms with Crippen molar-refractivity contribution in [2.45, 2.75) is 12.8 Å². The topological polar surface area (TPSA) is 40.7 Å². The molecular formula is C11H15N3. The zero-order valence-electron chi connectivity index (χ0n) is 8.11. The molecule has 3 heteroatoms. The van der Waals surface area contributed by atoms with E-state index in [2.05, 4.69) is 27.7 Å². The lowest BCUT2D eigenvalue weighted by Crippen LogP contribution is -2.17. The first-order valence-electron chi connectivity index (χ1n) is 5.33. The van der Waals surface area contributed by atoms with Crippen molar-refractivity contribution in [3.8, 4) is 0 Å². The van der Waals surface area contributed by atoms with Crippen molar-refractivity contribution < 1.29 is 0 Å². The molecular weight excluding hydrogens is 174 g/mol. The van der Waals surface area contributed by atoms with E-state index < -0.39 is 0 Å². The van der Waals surface area contributed by atoms with Crippen LogP contribution in [-0.2, 0) is 0 Å². The molecule has 1 saturated carbocycles. The number of nitrogens with one attached hydrogen (secondary N) is 2. The van der Waals surface area contributed by atoms with E-state index in [0.717, 1.165) is 30.0 Å². The molecule has 3 nitrogen and oxygen atoms in total. The maximum atomic E-state index is 3.91. The lowest BCUT2D eigenvalue weighted by atomic mass is 9.94. The van der Waals surface area contributed by atoms with Crippen molar-refractivity contribution in [1.82, 2.24) is 10.2 Å². The average Bonchev–Trinajstić information content (AvgIpc) is 2.91. The molecule has 1 fully saturated rings. The Morgan fingerprint density at radius 1 is 1.43 bits per heavy atom. The summed E-state index contributed by atoms with van der Waals surface area (Å²) in [4.78, 5) is 0. The summed E-state index contributed by atoms with van der Waals surface area (Å²) in [6.07, 6.45) is 11.3. The molecule has 3 atom stereocenters. The SMILES string of the molecule is C1=CC2CC1CC2CNc1cn[nH]c1. The summed E-state index contributed by atoms with van der Waals surface area (Å²) in [7, 11) is 0. The van der Waals surface area contributed by atoms with Gasteiger partial charge in [0.15, 0.2) is 0 Å². The van der Waals surface area contributed by atoms with Crippen molar-refractivity contribution in [3.63, 3.8) is 0 Å². The Hall–Kier alpha value is -1.25. The van der Waals surface area contributed by atoms with Gasteiger partial charge in [0, 0.05) is 12.7 Å². The third-order valence-electron chi connectivity index (χ3n) is 3.48. The standard InChI is InChI=1S/C11H15N3/c1-2-9-3-8(1)4-10(9)5-12-11-6-13-14-7-11/h1-2,6-10,12H,3-5H2,(H,13,14). The quantitative estimate of drug-likeness (QED) is 0.714. The molecule has 0 spiro atoms. The van der Waals surface area contributed by atoms with Gasteiger partial charge in [-0.15, -0.1) is 0 Å². The molecule has 0 saturated heterocycles. The van der Waals surface area contributed by atoms with Crippen LogP contribution in [-0.4, -0.2) is 16.7 Å². The van der Waals surface area contributed by atoms with Crippen LogP contribution < -0.4 is 5.32 Å². The molecule has 0 aromatic carbocycles. The van der Waals surface area contributed by atoms with E-state index in [1.54, 1.807) is 0 Å². The first kappa shape index (κ1) is 8.09. The Morgan fingerprint density at radius 2 is 2.43 bits per heavy atom. The van der Waals surface area contributed by atoms with Crippen LogP contribution in [0.5, 0.6) is 0 Å². The van der Waals surface area contributed by atoms with Gasteiger partial charge < -0.3 is 5.32 Å². The third-order valence-corrected chi connectivity index (χ3v) is 3.48. The molecule has 0 radical (unpaired) electrons. The van der Waals surface area contributed by atoms with Crippen molar-refractivity contribution in [1.29, 1.82) is 0 Å². The maximum Gasteiger partial charge on any atom is 0.0723 e. The van der Waals surface area contributed by atoms with Gasteiger partial charge in [0.1, 0.15) is 0 Å². The highest BCUT2D eigenvalue weighted by molar-refractivity contribution is 5.37. The zero-order valence-corrected chi connectivity index (χ0v) is 8.11. The van der Waals surface area contributed by atoms with Crippen LogP contribution in [0.3, 0.4) is 0 Å². The molecule has 2 bridgehead atoms. The largest absolute Gasteiger partial charge is 0.382 e. The van der Waals surface area contributed by atoms with Crippen molar-refractivity contribution >= 4 is 5.69 Å². The average molecular weight is 189 g/mol. The van der Waals surface area contributed by atoms with E-state index in [9.17, 15) is 0 Å². The summed E-state index contributed by atoms with van der Waals surface area (Å²) < 4.78 is 0. The molecule has 14 heavy (non-hydrogen) atoms. The van der Waals surface area contributed by atoms with Crippen LogP contribution in [0.25, 0.3) is 0 Å². The Bertz CT molecular complexity index is 328. The van der Waals surface area contributed by atoms with Crippen LogP contribution in [0.15, 0.2) is 24.5 Å². The number of H-pyrrole nitrogens is 1. The first-order chi connectivity index (χ1) is 6.92. The molecule has 1 heterocycles. The third kappa shape index (κ3) is 1.33. The summed E-state index contributed by atoms with van der Waals surface area (Å²) in [5, 5.41) is 10.2. The normalized spacial score (nSPS) is 33.9. The van der Waals surface area contributed by atoms with Crippen LogP contribution in [0, 0.1) is 17.8 Å². The van der Waals surface area contributed by atoms with E-state index in [4.69, 9.17) is 0 Å². The summed E-state index contributed by atoms with van der Waals surface area (Å²) in [6, 6.07) is 0. The monoisotopic (exact) mass is 189 g/mol. The molecule has 1 aromatic heterocycles. The minimum absolute atomic E-state index is 0.833. The number of allylic oxidation sites excluding steroid dienone is 2. The fraction of sp³-hybridized carbons (Fsp3) is 0.545. The van der Waals surface area contributed by atoms with Crippen molar-refractivity contribution in [3.05, 3.63) is 24.5 Å². The van der Waals surface area contributed by atoms with Gasteiger partial charge >= 0.3 is 0 Å². The van der Waals surface area contributed by atoms with Gasteiger partial charge in [-0.3, -0.25) is 5.10 Å². The Morgan fingerprint density at radius 3 is 3.07 bits per heavy atom. The fourth-order valence-electron chi connectivity index (χ4n) is 2.73. The Kier molecular flexibility index (Phi) is 1.82. The van der Waals surface area contributed by atoms with Crippen molar-refractivity contribution in [2.24, 2.45) is 17.8 Å². The summed E-state index contributed by atoms with van der Waals surface area (Å²) in [5.74, 6) is 2.54. The van der Waals surface area contributed by atoms with Gasteiger partial charge in [0.2, 0.25) is 0 Å². The minimum Gasteiger partial charge on any atom is -0.382 e. The maximum absolute atomic E-state index is 3.91. The second-order valence-corrected chi connectivity index (χ2v) is 4.41. The number of nitrogens with zero attached hydrogens (tertiary/aromatic N) is 1. The van der Waals surface area contributed by atoms with Crippen LogP contribution in [0.2, 0.25) is 0 Å². The van der Waals surface area contributed by atoms with E-state index in [-0.39, 0.29) is 0 Å². The van der Waals surface area contributed by atoms with E-state index in [0.29, 0.717) is 0 Å². The second-order valence-electron chi connectivity index (χ2n) is 4.41. The fourth-order valence-corrected chi connectivity index (χ4v) is 2.73. The summed E-state index contributed by atoms with van der Waals surface area (Å²) in [6.45, 7) is 1.09. The van der Waals surface area contributed by atoms with E-state index in [1.807, 2.05) is 12.4 Å². The van der Waals surface area contributed by atoms with Gasteiger partial charge in [-0.2, -0.15) is 5.10 Å². The predicted molar refractivity (Wildman–Crippen MR) is 55.9 cm³/mol. The number of hydrogen-bond donors (Lipinski definition) is 2. The molecule has 0 amide bonds. The molecule has 3 rings (SSSR count). The van der Waals surface area contributed by atoms with Gasteiger partial charge in [0.05, 0.1) is 11.9 Å². The van der Waals surface area contributed by atoms with Crippen molar-refractivity contribution in [2.75, 3.05) is 11.9 Å². The number of rotatable bonds is 3. The van der Waals surface area contributed by atoms with E-state index >= 15 is 0 Å². The smallest absolute Gasteiger partial charge is 0.0723 e. The molecule has 2 aliphatic carbocycles. The van der Waals surface area contributed by atoms with Crippen LogP contribution >= 0.6 is 0 Å². The minimum atomic E-state index is 0.833. The van der Waals surface area contributed by atoms with Gasteiger partial charge in [-0.25, -0.2) is 0 Å². The highest BCUT2D eigenvalue weighted by Crippen LogP contribution is 2.43. The Balaban J connectivity index is 1.57. The molecule has 2 aliphatic rings. The van der Waals surface area contributed by atoms with E-state index in [1.165, 1.54) is 12.8 Å². The molecule has 74 valence electrons. The number of aromatic amines is 1. The molecule has 0 aliphatic heterocycles. The van der Waals surface area contributed by atoms with Crippen LogP contribution in [0.1, 0.15) is 12.8 Å². The molecule has 1 aromatic rings. The number of anilines is 1. The predicted octanol–water partition coefficient (Wildman–Crippen LogP) is 2.03.